The fourth-order valence-electron chi connectivity index (χ4n) is 1.05. The zero-order chi connectivity index (χ0) is 9.23. The number of methoxy groups -OCH3 is 1. The summed E-state index contributed by atoms with van der Waals surface area (Å²) < 4.78 is 10.3. The second-order valence-electron chi connectivity index (χ2n) is 2.78. The molecule has 0 saturated carbocycles. The van der Waals surface area contributed by atoms with Crippen molar-refractivity contribution in [2.75, 3.05) is 34.0 Å². The molecule has 0 bridgehead atoms. The molecule has 0 heterocycles. The van der Waals surface area contributed by atoms with Crippen molar-refractivity contribution in [1.82, 2.24) is 5.32 Å². The van der Waals surface area contributed by atoms with E-state index in [1.165, 1.54) is 0 Å². The van der Waals surface area contributed by atoms with Crippen LogP contribution in [0.4, 0.5) is 0 Å². The summed E-state index contributed by atoms with van der Waals surface area (Å²) in [5, 5.41) is 3.22. The Bertz CT molecular complexity index is 88.6. The molecule has 1 unspecified atom stereocenters. The SMILES string of the molecule is CCOCC(CCCOC)NC. The lowest BCUT2D eigenvalue weighted by molar-refractivity contribution is 0.116. The smallest absolute Gasteiger partial charge is 0.0619 e. The van der Waals surface area contributed by atoms with Gasteiger partial charge in [0.05, 0.1) is 6.61 Å². The summed E-state index contributed by atoms with van der Waals surface area (Å²) in [4.78, 5) is 0. The largest absolute Gasteiger partial charge is 0.385 e. The highest BCUT2D eigenvalue weighted by atomic mass is 16.5. The minimum atomic E-state index is 0.472. The van der Waals surface area contributed by atoms with Crippen LogP contribution in [0.5, 0.6) is 0 Å². The predicted octanol–water partition coefficient (Wildman–Crippen LogP) is 1.04. The molecule has 0 amide bonds. The number of likely N-dealkylation sites (N-methyl/N-ethyl adjacent to an activating group) is 1. The van der Waals surface area contributed by atoms with E-state index < -0.39 is 0 Å². The Morgan fingerprint density at radius 3 is 2.67 bits per heavy atom. The number of hydrogen-bond acceptors (Lipinski definition) is 3. The van der Waals surface area contributed by atoms with E-state index in [1.807, 2.05) is 14.0 Å². The summed E-state index contributed by atoms with van der Waals surface area (Å²) in [6.07, 6.45) is 2.21. The van der Waals surface area contributed by atoms with Crippen molar-refractivity contribution in [2.24, 2.45) is 0 Å². The molecule has 0 aromatic rings. The monoisotopic (exact) mass is 175 g/mol. The first kappa shape index (κ1) is 11.9. The lowest BCUT2D eigenvalue weighted by Crippen LogP contribution is -2.30. The molecular formula is C9H21NO2. The Morgan fingerprint density at radius 1 is 1.42 bits per heavy atom. The van der Waals surface area contributed by atoms with Crippen LogP contribution in [-0.2, 0) is 9.47 Å². The molecule has 12 heavy (non-hydrogen) atoms. The highest BCUT2D eigenvalue weighted by Gasteiger charge is 2.04. The Balaban J connectivity index is 3.26. The Kier molecular flexibility index (Phi) is 8.88. The van der Waals surface area contributed by atoms with Crippen molar-refractivity contribution in [3.8, 4) is 0 Å². The highest BCUT2D eigenvalue weighted by molar-refractivity contribution is 4.62. The first-order chi connectivity index (χ1) is 5.85. The van der Waals surface area contributed by atoms with Crippen LogP contribution in [0.1, 0.15) is 19.8 Å². The van der Waals surface area contributed by atoms with E-state index in [-0.39, 0.29) is 0 Å². The van der Waals surface area contributed by atoms with Crippen molar-refractivity contribution in [1.29, 1.82) is 0 Å². The van der Waals surface area contributed by atoms with E-state index in [1.54, 1.807) is 7.11 Å². The molecule has 0 spiro atoms. The normalized spacial score (nSPS) is 13.2. The Labute approximate surface area is 75.4 Å². The molecule has 0 fully saturated rings. The van der Waals surface area contributed by atoms with Crippen LogP contribution in [0.3, 0.4) is 0 Å². The van der Waals surface area contributed by atoms with Gasteiger partial charge >= 0.3 is 0 Å². The van der Waals surface area contributed by atoms with Gasteiger partial charge in [-0.15, -0.1) is 0 Å². The van der Waals surface area contributed by atoms with Gasteiger partial charge in [-0.2, -0.15) is 0 Å². The van der Waals surface area contributed by atoms with Gasteiger partial charge in [0.25, 0.3) is 0 Å². The van der Waals surface area contributed by atoms with Crippen molar-refractivity contribution >= 4 is 0 Å². The summed E-state index contributed by atoms with van der Waals surface area (Å²) >= 11 is 0. The summed E-state index contributed by atoms with van der Waals surface area (Å²) in [5.41, 5.74) is 0. The van der Waals surface area contributed by atoms with Gasteiger partial charge in [0.15, 0.2) is 0 Å². The summed E-state index contributed by atoms with van der Waals surface area (Å²) in [5.74, 6) is 0. The maximum atomic E-state index is 5.31. The molecule has 0 radical (unpaired) electrons. The Morgan fingerprint density at radius 2 is 2.17 bits per heavy atom. The van der Waals surface area contributed by atoms with Gasteiger partial charge in [0.1, 0.15) is 0 Å². The molecule has 0 aromatic heterocycles. The second kappa shape index (κ2) is 8.97. The zero-order valence-corrected chi connectivity index (χ0v) is 8.43. The molecular weight excluding hydrogens is 154 g/mol. The van der Waals surface area contributed by atoms with Crippen molar-refractivity contribution in [2.45, 2.75) is 25.8 Å². The molecule has 1 atom stereocenters. The van der Waals surface area contributed by atoms with Crippen molar-refractivity contribution in [3.63, 3.8) is 0 Å². The van der Waals surface area contributed by atoms with E-state index in [4.69, 9.17) is 9.47 Å². The van der Waals surface area contributed by atoms with Gasteiger partial charge in [-0.25, -0.2) is 0 Å². The van der Waals surface area contributed by atoms with Gasteiger partial charge in [-0.05, 0) is 26.8 Å². The number of ether oxygens (including phenoxy) is 2. The molecule has 0 saturated heterocycles. The molecule has 1 N–H and O–H groups in total. The topological polar surface area (TPSA) is 30.5 Å². The number of nitrogens with one attached hydrogen (secondary N) is 1. The number of rotatable bonds is 8. The third-order valence-corrected chi connectivity index (χ3v) is 1.83. The molecule has 3 heteroatoms. The molecule has 0 aliphatic carbocycles. The van der Waals surface area contributed by atoms with Crippen molar-refractivity contribution in [3.05, 3.63) is 0 Å². The molecule has 74 valence electrons. The average Bonchev–Trinajstić information content (AvgIpc) is 2.11. The summed E-state index contributed by atoms with van der Waals surface area (Å²) in [6, 6.07) is 0.472. The van der Waals surface area contributed by atoms with Gasteiger partial charge in [0.2, 0.25) is 0 Å². The van der Waals surface area contributed by atoms with Crippen molar-refractivity contribution < 1.29 is 9.47 Å². The van der Waals surface area contributed by atoms with Crippen LogP contribution in [0.15, 0.2) is 0 Å². The van der Waals surface area contributed by atoms with Crippen LogP contribution in [0.2, 0.25) is 0 Å². The third-order valence-electron chi connectivity index (χ3n) is 1.83. The average molecular weight is 175 g/mol. The second-order valence-corrected chi connectivity index (χ2v) is 2.78. The zero-order valence-electron chi connectivity index (χ0n) is 8.43. The highest BCUT2D eigenvalue weighted by Crippen LogP contribution is 1.97. The molecule has 0 rings (SSSR count). The minimum Gasteiger partial charge on any atom is -0.385 e. The lowest BCUT2D eigenvalue weighted by Gasteiger charge is -2.15. The molecule has 0 aliphatic heterocycles. The van der Waals surface area contributed by atoms with E-state index in [0.29, 0.717) is 6.04 Å². The van der Waals surface area contributed by atoms with E-state index in [2.05, 4.69) is 5.32 Å². The quantitative estimate of drug-likeness (QED) is 0.559. The van der Waals surface area contributed by atoms with Gasteiger partial charge in [-0.1, -0.05) is 0 Å². The molecule has 0 aliphatic rings. The van der Waals surface area contributed by atoms with Gasteiger partial charge < -0.3 is 14.8 Å². The third kappa shape index (κ3) is 6.58. The summed E-state index contributed by atoms with van der Waals surface area (Å²) in [7, 11) is 3.70. The van der Waals surface area contributed by atoms with Crippen LogP contribution in [0.25, 0.3) is 0 Å². The van der Waals surface area contributed by atoms with E-state index in [0.717, 1.165) is 32.7 Å². The van der Waals surface area contributed by atoms with Crippen LogP contribution < -0.4 is 5.32 Å². The van der Waals surface area contributed by atoms with Gasteiger partial charge in [-0.3, -0.25) is 0 Å². The van der Waals surface area contributed by atoms with Crippen LogP contribution in [-0.4, -0.2) is 40.0 Å². The van der Waals surface area contributed by atoms with E-state index in [9.17, 15) is 0 Å². The van der Waals surface area contributed by atoms with E-state index >= 15 is 0 Å². The fraction of sp³-hybridized carbons (Fsp3) is 1.00. The summed E-state index contributed by atoms with van der Waals surface area (Å²) in [6.45, 7) is 4.45. The Hall–Kier alpha value is -0.120. The first-order valence-electron chi connectivity index (χ1n) is 4.59. The maximum absolute atomic E-state index is 5.31. The van der Waals surface area contributed by atoms with Gasteiger partial charge in [0, 0.05) is 26.4 Å². The number of hydrogen-bond donors (Lipinski definition) is 1. The molecule has 3 nitrogen and oxygen atoms in total. The molecule has 0 aromatic carbocycles. The minimum absolute atomic E-state index is 0.472. The van der Waals surface area contributed by atoms with Crippen LogP contribution in [0, 0.1) is 0 Å². The first-order valence-corrected chi connectivity index (χ1v) is 4.59. The fourth-order valence-corrected chi connectivity index (χ4v) is 1.05. The lowest BCUT2D eigenvalue weighted by atomic mass is 10.2. The predicted molar refractivity (Wildman–Crippen MR) is 50.5 cm³/mol. The standard InChI is InChI=1S/C9H21NO2/c1-4-12-8-9(10-2)6-5-7-11-3/h9-10H,4-8H2,1-3H3. The van der Waals surface area contributed by atoms with Crippen LogP contribution >= 0.6 is 0 Å². The maximum Gasteiger partial charge on any atom is 0.0619 e.